The Morgan fingerprint density at radius 2 is 2.04 bits per heavy atom. The Bertz CT molecular complexity index is 900. The molecule has 0 saturated carbocycles. The molecular weight excluding hydrogens is 349 g/mol. The van der Waals surface area contributed by atoms with Gasteiger partial charge in [0, 0.05) is 35.6 Å². The van der Waals surface area contributed by atoms with Gasteiger partial charge in [0.1, 0.15) is 0 Å². The number of carbonyl (C=O) groups is 1. The normalized spacial score (nSPS) is 10.8. The number of nitrogens with zero attached hydrogens (tertiary/aromatic N) is 4. The lowest BCUT2D eigenvalue weighted by atomic mass is 10.2. The minimum absolute atomic E-state index is 0.240. The van der Waals surface area contributed by atoms with Crippen molar-refractivity contribution in [2.24, 2.45) is 7.05 Å². The third-order valence-corrected chi connectivity index (χ3v) is 4.07. The molecule has 0 spiro atoms. The maximum absolute atomic E-state index is 12.3. The van der Waals surface area contributed by atoms with Crippen LogP contribution in [0.1, 0.15) is 21.6 Å². The fourth-order valence-electron chi connectivity index (χ4n) is 2.35. The van der Waals surface area contributed by atoms with Crippen molar-refractivity contribution in [3.63, 3.8) is 0 Å². The van der Waals surface area contributed by atoms with E-state index in [1.165, 1.54) is 0 Å². The van der Waals surface area contributed by atoms with Crippen LogP contribution >= 0.6 is 23.2 Å². The highest BCUT2D eigenvalue weighted by Gasteiger charge is 2.14. The van der Waals surface area contributed by atoms with Crippen LogP contribution in [0.25, 0.3) is 0 Å². The highest BCUT2D eigenvalue weighted by Crippen LogP contribution is 2.22. The molecule has 3 rings (SSSR count). The molecule has 1 aromatic carbocycles. The second kappa shape index (κ2) is 6.67. The first-order chi connectivity index (χ1) is 11.4. The molecule has 0 bridgehead atoms. The average molecular weight is 364 g/mol. The summed E-state index contributed by atoms with van der Waals surface area (Å²) < 4.78 is 3.30. The molecule has 24 heavy (non-hydrogen) atoms. The molecule has 124 valence electrons. The summed E-state index contributed by atoms with van der Waals surface area (Å²) >= 11 is 12.1. The standard InChI is InChI=1S/C16H15Cl2N5O/c1-10-13(9-22(2)20-10)16(24)19-15-5-6-23(21-15)8-11-3-4-12(17)7-14(11)18/h3-7,9H,8H2,1-2H3,(H,19,21,24). The Morgan fingerprint density at radius 3 is 2.71 bits per heavy atom. The Kier molecular flexibility index (Phi) is 4.59. The number of aromatic nitrogens is 4. The van der Waals surface area contributed by atoms with Crippen LogP contribution < -0.4 is 5.32 Å². The third-order valence-electron chi connectivity index (χ3n) is 3.49. The first-order valence-electron chi connectivity index (χ1n) is 7.21. The van der Waals surface area contributed by atoms with Gasteiger partial charge in [0.2, 0.25) is 0 Å². The quantitative estimate of drug-likeness (QED) is 0.770. The molecular formula is C16H15Cl2N5O. The molecule has 0 fully saturated rings. The molecule has 2 aromatic heterocycles. The van der Waals surface area contributed by atoms with Crippen molar-refractivity contribution in [2.75, 3.05) is 5.32 Å². The van der Waals surface area contributed by atoms with Crippen molar-refractivity contribution in [2.45, 2.75) is 13.5 Å². The van der Waals surface area contributed by atoms with Crippen molar-refractivity contribution in [3.8, 4) is 0 Å². The molecule has 0 unspecified atom stereocenters. The van der Waals surface area contributed by atoms with Gasteiger partial charge >= 0.3 is 0 Å². The van der Waals surface area contributed by atoms with Gasteiger partial charge in [0.25, 0.3) is 5.91 Å². The van der Waals surface area contributed by atoms with Crippen LogP contribution in [0.2, 0.25) is 10.0 Å². The van der Waals surface area contributed by atoms with E-state index in [9.17, 15) is 4.79 Å². The Morgan fingerprint density at radius 1 is 1.25 bits per heavy atom. The lowest BCUT2D eigenvalue weighted by Crippen LogP contribution is -2.13. The molecule has 3 aromatic rings. The van der Waals surface area contributed by atoms with Crippen LogP contribution in [0.5, 0.6) is 0 Å². The second-order valence-electron chi connectivity index (χ2n) is 5.39. The minimum atomic E-state index is -0.240. The van der Waals surface area contributed by atoms with Crippen LogP contribution in [-0.4, -0.2) is 25.5 Å². The summed E-state index contributed by atoms with van der Waals surface area (Å²) in [5, 5.41) is 12.4. The third kappa shape index (κ3) is 3.60. The largest absolute Gasteiger partial charge is 0.305 e. The van der Waals surface area contributed by atoms with Gasteiger partial charge in [0.15, 0.2) is 5.82 Å². The maximum Gasteiger partial charge on any atom is 0.260 e. The summed E-state index contributed by atoms with van der Waals surface area (Å²) in [6, 6.07) is 7.05. The SMILES string of the molecule is Cc1nn(C)cc1C(=O)Nc1ccn(Cc2ccc(Cl)cc2Cl)n1. The Labute approximate surface area is 149 Å². The topological polar surface area (TPSA) is 64.7 Å². The first-order valence-corrected chi connectivity index (χ1v) is 7.97. The van der Waals surface area contributed by atoms with E-state index >= 15 is 0 Å². The zero-order valence-electron chi connectivity index (χ0n) is 13.1. The predicted molar refractivity (Wildman–Crippen MR) is 93.7 cm³/mol. The number of carbonyl (C=O) groups excluding carboxylic acids is 1. The number of halogens is 2. The van der Waals surface area contributed by atoms with Gasteiger partial charge in [0.05, 0.1) is 17.8 Å². The molecule has 0 aliphatic rings. The number of anilines is 1. The van der Waals surface area contributed by atoms with Gasteiger partial charge in [-0.25, -0.2) is 0 Å². The van der Waals surface area contributed by atoms with E-state index in [-0.39, 0.29) is 5.91 Å². The van der Waals surface area contributed by atoms with Crippen molar-refractivity contribution < 1.29 is 4.79 Å². The summed E-state index contributed by atoms with van der Waals surface area (Å²) in [5.41, 5.74) is 2.08. The van der Waals surface area contributed by atoms with E-state index in [0.29, 0.717) is 33.7 Å². The summed E-state index contributed by atoms with van der Waals surface area (Å²) in [7, 11) is 1.77. The van der Waals surface area contributed by atoms with E-state index < -0.39 is 0 Å². The first kappa shape index (κ1) is 16.5. The van der Waals surface area contributed by atoms with Gasteiger partial charge in [-0.15, -0.1) is 0 Å². The molecule has 8 heteroatoms. The van der Waals surface area contributed by atoms with Gasteiger partial charge in [-0.2, -0.15) is 10.2 Å². The van der Waals surface area contributed by atoms with E-state index in [0.717, 1.165) is 5.56 Å². The molecule has 0 radical (unpaired) electrons. The maximum atomic E-state index is 12.3. The molecule has 0 aliphatic carbocycles. The number of benzene rings is 1. The summed E-state index contributed by atoms with van der Waals surface area (Å²) in [6.07, 6.45) is 3.45. The number of hydrogen-bond donors (Lipinski definition) is 1. The van der Waals surface area contributed by atoms with Crippen molar-refractivity contribution >= 4 is 34.9 Å². The molecule has 0 aliphatic heterocycles. The number of nitrogens with one attached hydrogen (secondary N) is 1. The molecule has 0 atom stereocenters. The number of aryl methyl sites for hydroxylation is 2. The Balaban J connectivity index is 1.71. The lowest BCUT2D eigenvalue weighted by molar-refractivity contribution is 0.102. The zero-order valence-corrected chi connectivity index (χ0v) is 14.6. The van der Waals surface area contributed by atoms with Gasteiger partial charge in [-0.1, -0.05) is 29.3 Å². The zero-order chi connectivity index (χ0) is 17.3. The van der Waals surface area contributed by atoms with Gasteiger partial charge in [-0.05, 0) is 24.6 Å². The second-order valence-corrected chi connectivity index (χ2v) is 6.23. The molecule has 1 amide bonds. The summed E-state index contributed by atoms with van der Waals surface area (Å²) in [5.74, 6) is 0.226. The molecule has 0 saturated heterocycles. The molecule has 1 N–H and O–H groups in total. The van der Waals surface area contributed by atoms with Crippen molar-refractivity contribution in [1.29, 1.82) is 0 Å². The Hall–Kier alpha value is -2.31. The summed E-state index contributed by atoms with van der Waals surface area (Å²) in [4.78, 5) is 12.3. The van der Waals surface area contributed by atoms with Gasteiger partial charge < -0.3 is 5.32 Å². The monoisotopic (exact) mass is 363 g/mol. The average Bonchev–Trinajstić information content (AvgIpc) is 3.08. The van der Waals surface area contributed by atoms with Crippen LogP contribution in [0, 0.1) is 6.92 Å². The summed E-state index contributed by atoms with van der Waals surface area (Å²) in [6.45, 7) is 2.27. The number of hydrogen-bond acceptors (Lipinski definition) is 3. The predicted octanol–water partition coefficient (Wildman–Crippen LogP) is 3.53. The van der Waals surface area contributed by atoms with E-state index in [1.807, 2.05) is 6.07 Å². The smallest absolute Gasteiger partial charge is 0.260 e. The number of amides is 1. The molecule has 2 heterocycles. The van der Waals surface area contributed by atoms with Crippen LogP contribution in [-0.2, 0) is 13.6 Å². The lowest BCUT2D eigenvalue weighted by Gasteiger charge is -2.05. The van der Waals surface area contributed by atoms with Crippen molar-refractivity contribution in [1.82, 2.24) is 19.6 Å². The van der Waals surface area contributed by atoms with Crippen LogP contribution in [0.3, 0.4) is 0 Å². The fraction of sp³-hybridized carbons (Fsp3) is 0.188. The highest BCUT2D eigenvalue weighted by atomic mass is 35.5. The van der Waals surface area contributed by atoms with Crippen LogP contribution in [0.15, 0.2) is 36.7 Å². The van der Waals surface area contributed by atoms with Crippen LogP contribution in [0.4, 0.5) is 5.82 Å². The van der Waals surface area contributed by atoms with E-state index in [1.54, 1.807) is 53.9 Å². The highest BCUT2D eigenvalue weighted by molar-refractivity contribution is 6.35. The van der Waals surface area contributed by atoms with Crippen molar-refractivity contribution in [3.05, 3.63) is 63.5 Å². The number of rotatable bonds is 4. The minimum Gasteiger partial charge on any atom is -0.305 e. The van der Waals surface area contributed by atoms with E-state index in [2.05, 4.69) is 15.5 Å². The fourth-order valence-corrected chi connectivity index (χ4v) is 2.82. The van der Waals surface area contributed by atoms with E-state index in [4.69, 9.17) is 23.2 Å². The molecule has 6 nitrogen and oxygen atoms in total. The van der Waals surface area contributed by atoms with Gasteiger partial charge in [-0.3, -0.25) is 14.2 Å².